The summed E-state index contributed by atoms with van der Waals surface area (Å²) in [7, 11) is 0. The first-order valence-electron chi connectivity index (χ1n) is 34.8. The Labute approximate surface area is 481 Å². The smallest absolute Gasteiger partial charge is 0.306 e. The third-order valence-electron chi connectivity index (χ3n) is 15.9. The molecule has 0 saturated carbocycles. The van der Waals surface area contributed by atoms with E-state index in [1.807, 2.05) is 0 Å². The van der Waals surface area contributed by atoms with Gasteiger partial charge in [-0.1, -0.05) is 334 Å². The molecule has 0 aromatic carbocycles. The number of carbonyl (C=O) groups excluding carboxylic acids is 3. The van der Waals surface area contributed by atoms with Crippen molar-refractivity contribution in [3.8, 4) is 0 Å². The van der Waals surface area contributed by atoms with E-state index in [0.717, 1.165) is 64.2 Å². The second kappa shape index (κ2) is 66.4. The molecular weight excluding hydrogens is 949 g/mol. The van der Waals surface area contributed by atoms with Crippen LogP contribution < -0.4 is 0 Å². The minimum atomic E-state index is -0.770. The molecule has 0 heterocycles. The predicted octanol–water partition coefficient (Wildman–Crippen LogP) is 23.8. The van der Waals surface area contributed by atoms with Crippen LogP contribution in [0.3, 0.4) is 0 Å². The summed E-state index contributed by atoms with van der Waals surface area (Å²) in [5, 5.41) is 0. The molecule has 0 rings (SSSR count). The lowest BCUT2D eigenvalue weighted by Gasteiger charge is -2.18. The number of hydrogen-bond donors (Lipinski definition) is 0. The molecule has 454 valence electrons. The van der Waals surface area contributed by atoms with Gasteiger partial charge in [-0.3, -0.25) is 14.4 Å². The predicted molar refractivity (Wildman–Crippen MR) is 335 cm³/mol. The average molecular weight is 1080 g/mol. The van der Waals surface area contributed by atoms with Crippen LogP contribution in [0.15, 0.2) is 24.3 Å². The van der Waals surface area contributed by atoms with E-state index in [2.05, 4.69) is 45.1 Å². The fraction of sp³-hybridized carbons (Fsp3) is 0.901. The van der Waals surface area contributed by atoms with Gasteiger partial charge in [-0.05, 0) is 64.2 Å². The minimum Gasteiger partial charge on any atom is -0.462 e. The molecular formula is C71H134O6. The highest BCUT2D eigenvalue weighted by atomic mass is 16.6. The van der Waals surface area contributed by atoms with Crippen molar-refractivity contribution < 1.29 is 28.6 Å². The van der Waals surface area contributed by atoms with Crippen molar-refractivity contribution in [1.29, 1.82) is 0 Å². The summed E-state index contributed by atoms with van der Waals surface area (Å²) in [6.45, 7) is 6.66. The first-order chi connectivity index (χ1) is 38.0. The van der Waals surface area contributed by atoms with E-state index in [1.54, 1.807) is 0 Å². The monoisotopic (exact) mass is 1080 g/mol. The standard InChI is InChI=1S/C71H134O6/c1-4-7-10-13-16-19-22-24-26-27-28-29-30-31-32-33-34-35-36-37-38-39-40-41-42-43-45-46-49-52-55-58-61-64-70(73)76-67-68(66-75-69(72)63-60-57-54-51-48-21-18-15-12-9-6-3)77-71(74)65-62-59-56-53-50-47-44-25-23-20-17-14-11-8-5-2/h15,18,27-28,68H,4-14,16-17,19-26,29-67H2,1-3H3/b18-15-,28-27-. The molecule has 0 fully saturated rings. The highest BCUT2D eigenvalue weighted by Crippen LogP contribution is 2.19. The molecule has 0 amide bonds. The summed E-state index contributed by atoms with van der Waals surface area (Å²) in [5.74, 6) is -0.850. The SMILES string of the molecule is CCCC/C=C\CCCCCCCC(=O)OCC(COC(=O)CCCCCCCCCCCCCCCCCCCCCCC/C=C\CCCCCCCCCC)OC(=O)CCCCCCCCCCCCCCCCC. The van der Waals surface area contributed by atoms with Crippen molar-refractivity contribution in [2.45, 2.75) is 399 Å². The highest BCUT2D eigenvalue weighted by molar-refractivity contribution is 5.71. The number of rotatable bonds is 65. The largest absolute Gasteiger partial charge is 0.462 e. The summed E-state index contributed by atoms with van der Waals surface area (Å²) in [6.07, 6.45) is 80.9. The van der Waals surface area contributed by atoms with Gasteiger partial charge in [0.2, 0.25) is 0 Å². The molecule has 77 heavy (non-hydrogen) atoms. The molecule has 0 radical (unpaired) electrons. The Bertz CT molecular complexity index is 1240. The second-order valence-electron chi connectivity index (χ2n) is 23.8. The van der Waals surface area contributed by atoms with Crippen molar-refractivity contribution in [2.24, 2.45) is 0 Å². The molecule has 0 saturated heterocycles. The molecule has 0 N–H and O–H groups in total. The molecule has 1 unspecified atom stereocenters. The lowest BCUT2D eigenvalue weighted by molar-refractivity contribution is -0.167. The van der Waals surface area contributed by atoms with E-state index in [0.29, 0.717) is 19.3 Å². The van der Waals surface area contributed by atoms with Crippen LogP contribution in [0, 0.1) is 0 Å². The van der Waals surface area contributed by atoms with Crippen LogP contribution in [0.4, 0.5) is 0 Å². The van der Waals surface area contributed by atoms with Crippen LogP contribution in [0.1, 0.15) is 393 Å². The van der Waals surface area contributed by atoms with Crippen LogP contribution in [0.5, 0.6) is 0 Å². The number of allylic oxidation sites excluding steroid dienone is 4. The molecule has 6 nitrogen and oxygen atoms in total. The number of carbonyl (C=O) groups is 3. The van der Waals surface area contributed by atoms with Gasteiger partial charge in [0.1, 0.15) is 13.2 Å². The van der Waals surface area contributed by atoms with Gasteiger partial charge < -0.3 is 14.2 Å². The number of unbranched alkanes of at least 4 members (excludes halogenated alkanes) is 50. The fourth-order valence-corrected chi connectivity index (χ4v) is 10.7. The summed E-state index contributed by atoms with van der Waals surface area (Å²) in [6, 6.07) is 0. The quantitative estimate of drug-likeness (QED) is 0.0261. The molecule has 6 heteroatoms. The number of ether oxygens (including phenoxy) is 3. The van der Waals surface area contributed by atoms with Gasteiger partial charge in [0.15, 0.2) is 6.10 Å². The van der Waals surface area contributed by atoms with E-state index < -0.39 is 6.10 Å². The molecule has 1 atom stereocenters. The zero-order chi connectivity index (χ0) is 55.7. The zero-order valence-electron chi connectivity index (χ0n) is 52.3. The minimum absolute atomic E-state index is 0.0675. The van der Waals surface area contributed by atoms with E-state index in [-0.39, 0.29) is 31.1 Å². The molecule has 0 bridgehead atoms. The normalized spacial score (nSPS) is 12.1. The summed E-state index contributed by atoms with van der Waals surface area (Å²) >= 11 is 0. The lowest BCUT2D eigenvalue weighted by atomic mass is 10.0. The van der Waals surface area contributed by atoms with Gasteiger partial charge >= 0.3 is 17.9 Å². The number of esters is 3. The Morgan fingerprint density at radius 2 is 0.442 bits per heavy atom. The van der Waals surface area contributed by atoms with E-state index in [1.165, 1.54) is 289 Å². The highest BCUT2D eigenvalue weighted by Gasteiger charge is 2.19. The summed E-state index contributed by atoms with van der Waals surface area (Å²) < 4.78 is 16.9. The summed E-state index contributed by atoms with van der Waals surface area (Å²) in [4.78, 5) is 38.2. The van der Waals surface area contributed by atoms with Crippen LogP contribution in [0.25, 0.3) is 0 Å². The third-order valence-corrected chi connectivity index (χ3v) is 15.9. The fourth-order valence-electron chi connectivity index (χ4n) is 10.7. The second-order valence-corrected chi connectivity index (χ2v) is 23.8. The first-order valence-corrected chi connectivity index (χ1v) is 34.8. The first kappa shape index (κ1) is 74.9. The van der Waals surface area contributed by atoms with Crippen LogP contribution in [-0.2, 0) is 28.6 Å². The van der Waals surface area contributed by atoms with Crippen molar-refractivity contribution in [2.75, 3.05) is 13.2 Å². The molecule has 0 aliphatic carbocycles. The van der Waals surface area contributed by atoms with Gasteiger partial charge in [0, 0.05) is 19.3 Å². The Kier molecular flexibility index (Phi) is 64.6. The topological polar surface area (TPSA) is 78.9 Å². The Morgan fingerprint density at radius 1 is 0.247 bits per heavy atom. The van der Waals surface area contributed by atoms with Gasteiger partial charge in [0.05, 0.1) is 0 Å². The maximum Gasteiger partial charge on any atom is 0.306 e. The molecule has 0 aliphatic heterocycles. The maximum atomic E-state index is 12.9. The van der Waals surface area contributed by atoms with Crippen LogP contribution in [0.2, 0.25) is 0 Å². The van der Waals surface area contributed by atoms with E-state index in [4.69, 9.17) is 14.2 Å². The average Bonchev–Trinajstić information content (AvgIpc) is 3.43. The molecule has 0 aromatic rings. The molecule has 0 aromatic heterocycles. The Hall–Kier alpha value is -2.11. The maximum absolute atomic E-state index is 12.9. The third kappa shape index (κ3) is 64.6. The molecule has 0 spiro atoms. The van der Waals surface area contributed by atoms with Crippen molar-refractivity contribution >= 4 is 17.9 Å². The van der Waals surface area contributed by atoms with Crippen molar-refractivity contribution in [3.63, 3.8) is 0 Å². The van der Waals surface area contributed by atoms with Crippen molar-refractivity contribution in [1.82, 2.24) is 0 Å². The van der Waals surface area contributed by atoms with E-state index >= 15 is 0 Å². The van der Waals surface area contributed by atoms with Gasteiger partial charge in [-0.2, -0.15) is 0 Å². The van der Waals surface area contributed by atoms with Gasteiger partial charge in [0.25, 0.3) is 0 Å². The molecule has 0 aliphatic rings. The summed E-state index contributed by atoms with van der Waals surface area (Å²) in [5.41, 5.74) is 0. The lowest BCUT2D eigenvalue weighted by Crippen LogP contribution is -2.30. The van der Waals surface area contributed by atoms with Crippen LogP contribution in [-0.4, -0.2) is 37.2 Å². The van der Waals surface area contributed by atoms with Crippen LogP contribution >= 0.6 is 0 Å². The number of hydrogen-bond acceptors (Lipinski definition) is 6. The van der Waals surface area contributed by atoms with Gasteiger partial charge in [-0.25, -0.2) is 0 Å². The van der Waals surface area contributed by atoms with Gasteiger partial charge in [-0.15, -0.1) is 0 Å². The Morgan fingerprint density at radius 3 is 0.688 bits per heavy atom. The van der Waals surface area contributed by atoms with E-state index in [9.17, 15) is 14.4 Å². The zero-order valence-corrected chi connectivity index (χ0v) is 52.3. The van der Waals surface area contributed by atoms with Crippen molar-refractivity contribution in [3.05, 3.63) is 24.3 Å². The Balaban J connectivity index is 4.03.